The van der Waals surface area contributed by atoms with E-state index >= 15 is 4.39 Å². The van der Waals surface area contributed by atoms with Crippen LogP contribution < -0.4 is 4.74 Å². The van der Waals surface area contributed by atoms with Crippen LogP contribution in [-0.2, 0) is 4.79 Å². The Kier molecular flexibility index (Phi) is 5.05. The quantitative estimate of drug-likeness (QED) is 0.597. The highest BCUT2D eigenvalue weighted by molar-refractivity contribution is 6.01. The van der Waals surface area contributed by atoms with Crippen molar-refractivity contribution in [1.82, 2.24) is 4.98 Å². The Morgan fingerprint density at radius 2 is 1.80 bits per heavy atom. The van der Waals surface area contributed by atoms with Crippen LogP contribution in [0.25, 0.3) is 21.9 Å². The van der Waals surface area contributed by atoms with Crippen LogP contribution in [0.4, 0.5) is 8.78 Å². The van der Waals surface area contributed by atoms with Crippen LogP contribution in [0.3, 0.4) is 0 Å². The van der Waals surface area contributed by atoms with Crippen molar-refractivity contribution in [3.05, 3.63) is 53.7 Å². The Morgan fingerprint density at radius 3 is 2.40 bits per heavy atom. The van der Waals surface area contributed by atoms with Crippen molar-refractivity contribution in [1.29, 1.82) is 0 Å². The number of aromatic nitrogens is 1. The number of ether oxygens (including phenoxy) is 1. The number of phenolic OH excluding ortho intramolecular Hbond substituents is 1. The fourth-order valence-electron chi connectivity index (χ4n) is 3.79. The third kappa shape index (κ3) is 3.44. The van der Waals surface area contributed by atoms with Crippen LogP contribution in [-0.4, -0.2) is 27.3 Å². The third-order valence-electron chi connectivity index (χ3n) is 5.49. The van der Waals surface area contributed by atoms with Crippen LogP contribution in [0.5, 0.6) is 11.6 Å². The molecule has 156 valence electrons. The van der Waals surface area contributed by atoms with E-state index < -0.39 is 23.5 Å². The van der Waals surface area contributed by atoms with E-state index in [9.17, 15) is 14.3 Å². The molecule has 3 aromatic rings. The number of hydrogen-bond acceptors (Lipinski definition) is 4. The SMILES string of the molecule is CC(C)c1nc(O[C@H]2C[C@@H](C(=O)O)C2)c2c(F)c(O)ccc2c1-c1ccc(F)cc1. The zero-order valence-electron chi connectivity index (χ0n) is 16.5. The van der Waals surface area contributed by atoms with Gasteiger partial charge in [0.15, 0.2) is 11.6 Å². The van der Waals surface area contributed by atoms with Gasteiger partial charge in [-0.2, -0.15) is 0 Å². The average Bonchev–Trinajstić information content (AvgIpc) is 2.66. The number of nitrogens with zero attached hydrogens (tertiary/aromatic N) is 1. The molecular formula is C23H21F2NO4. The second-order valence-corrected chi connectivity index (χ2v) is 7.91. The number of carbonyl (C=O) groups is 1. The summed E-state index contributed by atoms with van der Waals surface area (Å²) in [5, 5.41) is 19.5. The van der Waals surface area contributed by atoms with E-state index in [0.29, 0.717) is 35.0 Å². The van der Waals surface area contributed by atoms with Crippen molar-refractivity contribution in [2.75, 3.05) is 0 Å². The topological polar surface area (TPSA) is 79.7 Å². The predicted octanol–water partition coefficient (Wildman–Crippen LogP) is 5.25. The molecule has 0 saturated heterocycles. The number of rotatable bonds is 5. The first kappa shape index (κ1) is 20.1. The molecule has 2 N–H and O–H groups in total. The first-order chi connectivity index (χ1) is 14.3. The number of halogens is 2. The molecule has 0 spiro atoms. The number of pyridine rings is 1. The summed E-state index contributed by atoms with van der Waals surface area (Å²) in [5.41, 5.74) is 1.95. The van der Waals surface area contributed by atoms with Gasteiger partial charge in [0, 0.05) is 5.56 Å². The van der Waals surface area contributed by atoms with E-state index in [1.807, 2.05) is 13.8 Å². The molecule has 2 aromatic carbocycles. The normalized spacial score (nSPS) is 18.4. The van der Waals surface area contributed by atoms with Crippen LogP contribution >= 0.6 is 0 Å². The lowest BCUT2D eigenvalue weighted by Gasteiger charge is -2.32. The minimum absolute atomic E-state index is 0.0255. The lowest BCUT2D eigenvalue weighted by atomic mass is 9.82. The van der Waals surface area contributed by atoms with Gasteiger partial charge in [-0.1, -0.05) is 26.0 Å². The predicted molar refractivity (Wildman–Crippen MR) is 108 cm³/mol. The molecule has 7 heteroatoms. The maximum absolute atomic E-state index is 15.0. The Hall–Kier alpha value is -3.22. The number of aromatic hydroxyl groups is 1. The molecular weight excluding hydrogens is 392 g/mol. The summed E-state index contributed by atoms with van der Waals surface area (Å²) in [6, 6.07) is 8.72. The molecule has 0 amide bonds. The standard InChI is InChI=1S/C23H21F2NO4/c1-11(2)21-18(12-3-5-14(24)6-4-12)16-7-8-17(27)20(25)19(16)22(26-21)30-15-9-13(10-15)23(28)29/h3-8,11,13,15,27H,9-10H2,1-2H3,(H,28,29)/t13-,15+. The molecule has 4 rings (SSSR count). The number of carboxylic acid groups (broad SMARTS) is 1. The van der Waals surface area contributed by atoms with Crippen LogP contribution in [0.1, 0.15) is 38.3 Å². The minimum atomic E-state index is -0.883. The fourth-order valence-corrected chi connectivity index (χ4v) is 3.79. The van der Waals surface area contributed by atoms with E-state index in [2.05, 4.69) is 4.98 Å². The second kappa shape index (κ2) is 7.55. The van der Waals surface area contributed by atoms with Crippen LogP contribution in [0.2, 0.25) is 0 Å². The maximum atomic E-state index is 15.0. The second-order valence-electron chi connectivity index (χ2n) is 7.91. The number of phenols is 1. The lowest BCUT2D eigenvalue weighted by molar-refractivity contribution is -0.148. The Balaban J connectivity index is 1.90. The molecule has 1 heterocycles. The first-order valence-corrected chi connectivity index (χ1v) is 9.76. The molecule has 0 aliphatic heterocycles. The number of hydrogen-bond donors (Lipinski definition) is 2. The molecule has 0 radical (unpaired) electrons. The summed E-state index contributed by atoms with van der Waals surface area (Å²) >= 11 is 0. The van der Waals surface area contributed by atoms with Crippen molar-refractivity contribution in [2.45, 2.75) is 38.7 Å². The van der Waals surface area contributed by atoms with E-state index in [4.69, 9.17) is 9.84 Å². The Bertz CT molecular complexity index is 1120. The van der Waals surface area contributed by atoms with Gasteiger partial charge in [0.25, 0.3) is 0 Å². The molecule has 0 bridgehead atoms. The van der Waals surface area contributed by atoms with Crippen molar-refractivity contribution in [3.8, 4) is 22.8 Å². The Labute approximate surface area is 171 Å². The minimum Gasteiger partial charge on any atom is -0.505 e. The van der Waals surface area contributed by atoms with E-state index in [-0.39, 0.29) is 29.1 Å². The van der Waals surface area contributed by atoms with Gasteiger partial charge in [-0.15, -0.1) is 0 Å². The lowest BCUT2D eigenvalue weighted by Crippen LogP contribution is -2.38. The molecule has 1 fully saturated rings. The van der Waals surface area contributed by atoms with E-state index in [0.717, 1.165) is 0 Å². The average molecular weight is 413 g/mol. The molecule has 30 heavy (non-hydrogen) atoms. The van der Waals surface area contributed by atoms with E-state index in [1.165, 1.54) is 18.2 Å². The monoisotopic (exact) mass is 413 g/mol. The first-order valence-electron chi connectivity index (χ1n) is 9.76. The highest BCUT2D eigenvalue weighted by atomic mass is 19.1. The van der Waals surface area contributed by atoms with Crippen molar-refractivity contribution >= 4 is 16.7 Å². The fraction of sp³-hybridized carbons (Fsp3) is 0.304. The molecule has 0 atom stereocenters. The number of benzene rings is 2. The van der Waals surface area contributed by atoms with Gasteiger partial charge in [0.05, 0.1) is 17.0 Å². The van der Waals surface area contributed by atoms with Gasteiger partial charge in [-0.05, 0) is 54.0 Å². The summed E-state index contributed by atoms with van der Waals surface area (Å²) in [4.78, 5) is 15.6. The number of aliphatic carboxylic acids is 1. The number of carboxylic acids is 1. The van der Waals surface area contributed by atoms with Crippen molar-refractivity contribution in [2.24, 2.45) is 5.92 Å². The van der Waals surface area contributed by atoms with Gasteiger partial charge in [-0.25, -0.2) is 13.8 Å². The third-order valence-corrected chi connectivity index (χ3v) is 5.49. The molecule has 1 aromatic heterocycles. The van der Waals surface area contributed by atoms with Gasteiger partial charge in [0.1, 0.15) is 11.9 Å². The Morgan fingerprint density at radius 1 is 1.13 bits per heavy atom. The van der Waals surface area contributed by atoms with E-state index in [1.54, 1.807) is 18.2 Å². The highest BCUT2D eigenvalue weighted by Crippen LogP contribution is 2.43. The largest absolute Gasteiger partial charge is 0.505 e. The summed E-state index contributed by atoms with van der Waals surface area (Å²) < 4.78 is 34.4. The molecule has 0 unspecified atom stereocenters. The van der Waals surface area contributed by atoms with Gasteiger partial charge < -0.3 is 14.9 Å². The van der Waals surface area contributed by atoms with Gasteiger partial charge >= 0.3 is 5.97 Å². The van der Waals surface area contributed by atoms with Gasteiger partial charge in [0.2, 0.25) is 5.88 Å². The summed E-state index contributed by atoms with van der Waals surface area (Å²) in [5.74, 6) is -3.17. The van der Waals surface area contributed by atoms with Crippen LogP contribution in [0, 0.1) is 17.6 Å². The maximum Gasteiger partial charge on any atom is 0.306 e. The van der Waals surface area contributed by atoms with Crippen LogP contribution in [0.15, 0.2) is 36.4 Å². The zero-order chi connectivity index (χ0) is 21.6. The molecule has 1 saturated carbocycles. The van der Waals surface area contributed by atoms with Gasteiger partial charge in [-0.3, -0.25) is 4.79 Å². The van der Waals surface area contributed by atoms with Crippen molar-refractivity contribution < 1.29 is 28.5 Å². The smallest absolute Gasteiger partial charge is 0.306 e. The summed E-state index contributed by atoms with van der Waals surface area (Å²) in [7, 11) is 0. The molecule has 5 nitrogen and oxygen atoms in total. The summed E-state index contributed by atoms with van der Waals surface area (Å²) in [6.45, 7) is 3.87. The molecule has 1 aliphatic carbocycles. The highest BCUT2D eigenvalue weighted by Gasteiger charge is 2.37. The van der Waals surface area contributed by atoms with Crippen molar-refractivity contribution in [3.63, 3.8) is 0 Å². The zero-order valence-corrected chi connectivity index (χ0v) is 16.5. The summed E-state index contributed by atoms with van der Waals surface area (Å²) in [6.07, 6.45) is 0.242. The number of fused-ring (bicyclic) bond motifs is 1. The molecule has 1 aliphatic rings.